The number of hydrogen-bond donors (Lipinski definition) is 1. The molecule has 0 aromatic rings. The molecule has 0 amide bonds. The molecule has 46 heavy (non-hydrogen) atoms. The van der Waals surface area contributed by atoms with Crippen molar-refractivity contribution in [1.82, 2.24) is 0 Å². The molecule has 4 aliphatic rings. The summed E-state index contributed by atoms with van der Waals surface area (Å²) in [7, 11) is 0. The Bertz CT molecular complexity index is 1230. The van der Waals surface area contributed by atoms with Crippen LogP contribution in [0.4, 0.5) is 0 Å². The Morgan fingerprint density at radius 2 is 1.50 bits per heavy atom. The molecule has 258 valence electrons. The van der Waals surface area contributed by atoms with E-state index in [4.69, 9.17) is 28.4 Å². The number of allylic oxidation sites excluding steroid dienone is 2. The van der Waals surface area contributed by atoms with E-state index < -0.39 is 66.0 Å². The normalized spacial score (nSPS) is 38.7. The minimum absolute atomic E-state index is 0.0539. The summed E-state index contributed by atoms with van der Waals surface area (Å²) in [6, 6.07) is 0. The van der Waals surface area contributed by atoms with Crippen LogP contribution in [0, 0.1) is 28.1 Å². The fourth-order valence-corrected chi connectivity index (χ4v) is 8.69. The van der Waals surface area contributed by atoms with Crippen LogP contribution in [-0.4, -0.2) is 78.9 Å². The van der Waals surface area contributed by atoms with E-state index in [1.54, 1.807) is 0 Å². The van der Waals surface area contributed by atoms with Crippen molar-refractivity contribution in [1.29, 1.82) is 0 Å². The lowest BCUT2D eigenvalue weighted by Crippen LogP contribution is -2.63. The Morgan fingerprint density at radius 1 is 0.870 bits per heavy atom. The molecule has 10 atom stereocenters. The van der Waals surface area contributed by atoms with Crippen molar-refractivity contribution in [3.63, 3.8) is 0 Å². The zero-order valence-corrected chi connectivity index (χ0v) is 28.1. The number of fused-ring (bicyclic) bond motifs is 3. The third kappa shape index (κ3) is 7.59. The Balaban J connectivity index is 1.49. The zero-order valence-electron chi connectivity index (χ0n) is 28.1. The summed E-state index contributed by atoms with van der Waals surface area (Å²) in [5, 5.41) is 10.1. The minimum Gasteiger partial charge on any atom is -0.481 e. The van der Waals surface area contributed by atoms with Crippen LogP contribution in [0.3, 0.4) is 0 Å². The first-order valence-corrected chi connectivity index (χ1v) is 16.3. The molecule has 12 heteroatoms. The highest BCUT2D eigenvalue weighted by Crippen LogP contribution is 2.64. The first kappa shape index (κ1) is 35.9. The summed E-state index contributed by atoms with van der Waals surface area (Å²) in [5.74, 6) is -2.90. The van der Waals surface area contributed by atoms with E-state index in [1.165, 1.54) is 33.3 Å². The highest BCUT2D eigenvalue weighted by Gasteiger charge is 2.58. The maximum atomic E-state index is 12.4. The summed E-state index contributed by atoms with van der Waals surface area (Å²) in [4.78, 5) is 60.2. The van der Waals surface area contributed by atoms with Gasteiger partial charge in [0.05, 0.1) is 12.0 Å². The van der Waals surface area contributed by atoms with Crippen LogP contribution < -0.4 is 0 Å². The molecular formula is C34H50O12. The predicted molar refractivity (Wildman–Crippen MR) is 162 cm³/mol. The lowest BCUT2D eigenvalue weighted by Gasteiger charge is -2.58. The monoisotopic (exact) mass is 650 g/mol. The summed E-state index contributed by atoms with van der Waals surface area (Å²) in [6.07, 6.45) is 3.11. The summed E-state index contributed by atoms with van der Waals surface area (Å²) < 4.78 is 33.9. The molecule has 3 fully saturated rings. The van der Waals surface area contributed by atoms with Gasteiger partial charge in [-0.1, -0.05) is 31.9 Å². The standard InChI is InChI=1S/C34H50O12/c1-19(35)42-18-25-27(43-20(2)36)28(44-21(3)37)29(45-22(4)38)30(46-25)41-16-15-32(5)14-11-24-23(17-32)9-10-26-33(24,6)12-8-13-34(26,7)31(39)40/h9,24-30H,8,10-18H2,1-7H3,(H,39,40)/t24-,25-,26+,27+,28+,29+,30+,32+,33+,34-/m0/s1. The van der Waals surface area contributed by atoms with Crippen LogP contribution in [0.1, 0.15) is 99.8 Å². The fraction of sp³-hybridized carbons (Fsp3) is 0.794. The Labute approximate surface area is 270 Å². The average molecular weight is 651 g/mol. The van der Waals surface area contributed by atoms with Gasteiger partial charge < -0.3 is 33.5 Å². The van der Waals surface area contributed by atoms with E-state index in [1.807, 2.05) is 6.92 Å². The molecule has 0 radical (unpaired) electrons. The second kappa shape index (κ2) is 14.0. The number of esters is 4. The highest BCUT2D eigenvalue weighted by atomic mass is 16.7. The molecule has 1 N–H and O–H groups in total. The molecule has 0 bridgehead atoms. The molecule has 0 unspecified atom stereocenters. The number of carboxylic acid groups (broad SMARTS) is 1. The largest absolute Gasteiger partial charge is 0.481 e. The van der Waals surface area contributed by atoms with E-state index in [9.17, 15) is 29.1 Å². The van der Waals surface area contributed by atoms with Crippen molar-refractivity contribution in [2.24, 2.45) is 28.1 Å². The van der Waals surface area contributed by atoms with Gasteiger partial charge in [-0.3, -0.25) is 24.0 Å². The average Bonchev–Trinajstić information content (AvgIpc) is 2.93. The molecule has 4 rings (SSSR count). The first-order chi connectivity index (χ1) is 21.5. The molecule has 1 saturated heterocycles. The van der Waals surface area contributed by atoms with Crippen LogP contribution in [0.15, 0.2) is 11.6 Å². The lowest BCUT2D eigenvalue weighted by molar-refractivity contribution is -0.309. The van der Waals surface area contributed by atoms with Gasteiger partial charge >= 0.3 is 29.8 Å². The molecule has 1 heterocycles. The summed E-state index contributed by atoms with van der Waals surface area (Å²) in [5.41, 5.74) is 0.527. The molecule has 2 saturated carbocycles. The van der Waals surface area contributed by atoms with Gasteiger partial charge in [0.25, 0.3) is 0 Å². The smallest absolute Gasteiger partial charge is 0.309 e. The lowest BCUT2D eigenvalue weighted by atomic mass is 9.45. The van der Waals surface area contributed by atoms with Crippen molar-refractivity contribution < 1.29 is 57.5 Å². The van der Waals surface area contributed by atoms with E-state index in [-0.39, 0.29) is 30.0 Å². The molecule has 0 spiro atoms. The quantitative estimate of drug-likeness (QED) is 0.200. The van der Waals surface area contributed by atoms with Crippen LogP contribution in [0.5, 0.6) is 0 Å². The fourth-order valence-electron chi connectivity index (χ4n) is 8.69. The Kier molecular flexibility index (Phi) is 10.9. The zero-order chi connectivity index (χ0) is 34.0. The summed E-state index contributed by atoms with van der Waals surface area (Å²) >= 11 is 0. The van der Waals surface area contributed by atoms with Crippen LogP contribution >= 0.6 is 0 Å². The van der Waals surface area contributed by atoms with Crippen LogP contribution in [-0.2, 0) is 52.4 Å². The van der Waals surface area contributed by atoms with Crippen molar-refractivity contribution >= 4 is 29.8 Å². The molecule has 0 aromatic carbocycles. The topological polar surface area (TPSA) is 161 Å². The van der Waals surface area contributed by atoms with Gasteiger partial charge in [-0.05, 0) is 74.5 Å². The van der Waals surface area contributed by atoms with E-state index >= 15 is 0 Å². The second-order valence-electron chi connectivity index (χ2n) is 14.4. The van der Waals surface area contributed by atoms with Gasteiger partial charge in [0.1, 0.15) is 12.7 Å². The maximum Gasteiger partial charge on any atom is 0.309 e. The van der Waals surface area contributed by atoms with Crippen LogP contribution in [0.2, 0.25) is 0 Å². The molecular weight excluding hydrogens is 600 g/mol. The third-order valence-corrected chi connectivity index (χ3v) is 10.9. The number of rotatable bonds is 10. The van der Waals surface area contributed by atoms with Gasteiger partial charge in [0.15, 0.2) is 24.6 Å². The van der Waals surface area contributed by atoms with Gasteiger partial charge in [0, 0.05) is 27.7 Å². The number of aliphatic carboxylic acids is 1. The van der Waals surface area contributed by atoms with Gasteiger partial charge in [-0.2, -0.15) is 0 Å². The number of carbonyl (C=O) groups is 5. The van der Waals surface area contributed by atoms with Crippen LogP contribution in [0.25, 0.3) is 0 Å². The van der Waals surface area contributed by atoms with Crippen molar-refractivity contribution in [2.75, 3.05) is 13.2 Å². The Morgan fingerprint density at radius 3 is 2.11 bits per heavy atom. The highest BCUT2D eigenvalue weighted by molar-refractivity contribution is 5.75. The number of ether oxygens (including phenoxy) is 6. The van der Waals surface area contributed by atoms with Crippen molar-refractivity contribution in [3.05, 3.63) is 11.6 Å². The molecule has 1 aliphatic heterocycles. The number of carbonyl (C=O) groups excluding carboxylic acids is 4. The second-order valence-corrected chi connectivity index (χ2v) is 14.4. The predicted octanol–water partition coefficient (Wildman–Crippen LogP) is 4.51. The number of carboxylic acids is 1. The van der Waals surface area contributed by atoms with E-state index in [2.05, 4.69) is 19.9 Å². The summed E-state index contributed by atoms with van der Waals surface area (Å²) in [6.45, 7) is 11.1. The molecule has 12 nitrogen and oxygen atoms in total. The van der Waals surface area contributed by atoms with Crippen molar-refractivity contribution in [2.45, 2.75) is 131 Å². The SMILES string of the molecule is CC(=O)OC[C@@H]1O[C@@H](OCC[C@@]2(C)CC[C@H]3C(=CC[C@@H]4[C@]3(C)CCC[C@]4(C)C(=O)O)C2)[C@H](OC(C)=O)[C@H](OC(C)=O)[C@@H]1OC(C)=O. The van der Waals surface area contributed by atoms with Gasteiger partial charge in [-0.15, -0.1) is 0 Å². The first-order valence-electron chi connectivity index (χ1n) is 16.3. The van der Waals surface area contributed by atoms with Gasteiger partial charge in [-0.25, -0.2) is 0 Å². The Hall–Kier alpha value is -2.99. The molecule has 0 aromatic heterocycles. The molecule has 3 aliphatic carbocycles. The van der Waals surface area contributed by atoms with Gasteiger partial charge in [0.2, 0.25) is 0 Å². The third-order valence-electron chi connectivity index (χ3n) is 10.9. The number of hydrogen-bond acceptors (Lipinski definition) is 11. The maximum absolute atomic E-state index is 12.4. The van der Waals surface area contributed by atoms with Crippen molar-refractivity contribution in [3.8, 4) is 0 Å². The van der Waals surface area contributed by atoms with E-state index in [0.29, 0.717) is 18.8 Å². The minimum atomic E-state index is -1.27. The van der Waals surface area contributed by atoms with E-state index in [0.717, 1.165) is 38.5 Å².